The molecular weight excluding hydrogens is 358 g/mol. The van der Waals surface area contributed by atoms with Gasteiger partial charge in [-0.15, -0.1) is 0 Å². The summed E-state index contributed by atoms with van der Waals surface area (Å²) >= 11 is 0. The zero-order valence-corrected chi connectivity index (χ0v) is 16.0. The number of likely N-dealkylation sites (tertiary alicyclic amines) is 1. The Morgan fingerprint density at radius 3 is 2.39 bits per heavy atom. The summed E-state index contributed by atoms with van der Waals surface area (Å²) in [5, 5.41) is 0. The molecule has 0 atom stereocenters. The van der Waals surface area contributed by atoms with Crippen molar-refractivity contribution < 1.29 is 14.4 Å². The topological polar surface area (TPSA) is 78.8 Å². The van der Waals surface area contributed by atoms with Gasteiger partial charge in [0.2, 0.25) is 0 Å². The maximum atomic E-state index is 13.0. The smallest absolute Gasteiger partial charge is 0.327 e. The second-order valence-corrected chi connectivity index (χ2v) is 7.40. The van der Waals surface area contributed by atoms with Gasteiger partial charge in [0.25, 0.3) is 11.8 Å². The van der Waals surface area contributed by atoms with E-state index < -0.39 is 5.54 Å². The van der Waals surface area contributed by atoms with E-state index in [4.69, 9.17) is 0 Å². The summed E-state index contributed by atoms with van der Waals surface area (Å²) in [6, 6.07) is 9.37. The van der Waals surface area contributed by atoms with Gasteiger partial charge in [0, 0.05) is 46.1 Å². The Balaban J connectivity index is 1.56. The lowest BCUT2D eigenvalue weighted by atomic mass is 9.85. The molecule has 1 aromatic carbocycles. The second kappa shape index (κ2) is 6.78. The van der Waals surface area contributed by atoms with Crippen LogP contribution in [-0.4, -0.2) is 67.8 Å². The van der Waals surface area contributed by atoms with Crippen molar-refractivity contribution >= 4 is 17.8 Å². The normalized spacial score (nSPS) is 19.0. The van der Waals surface area contributed by atoms with Crippen molar-refractivity contribution in [2.45, 2.75) is 24.9 Å². The van der Waals surface area contributed by atoms with Gasteiger partial charge < -0.3 is 14.4 Å². The number of aromatic nitrogens is 2. The number of amides is 4. The molecule has 2 aliphatic heterocycles. The van der Waals surface area contributed by atoms with E-state index in [1.165, 1.54) is 11.9 Å². The third-order valence-corrected chi connectivity index (χ3v) is 5.81. The number of likely N-dealkylation sites (N-methyl/N-ethyl adjacent to an activating group) is 1. The van der Waals surface area contributed by atoms with Crippen LogP contribution in [-0.2, 0) is 18.4 Å². The zero-order valence-electron chi connectivity index (χ0n) is 16.0. The first-order chi connectivity index (χ1) is 13.4. The first-order valence-corrected chi connectivity index (χ1v) is 9.34. The van der Waals surface area contributed by atoms with E-state index >= 15 is 0 Å². The first kappa shape index (κ1) is 18.2. The van der Waals surface area contributed by atoms with Crippen molar-refractivity contribution in [3.05, 3.63) is 54.1 Å². The number of hydrogen-bond donors (Lipinski definition) is 0. The fraction of sp³-hybridized carbons (Fsp3) is 0.400. The summed E-state index contributed by atoms with van der Waals surface area (Å²) in [4.78, 5) is 47.2. The molecule has 8 heteroatoms. The Bertz CT molecular complexity index is 915. The lowest BCUT2D eigenvalue weighted by molar-refractivity contribution is -0.134. The number of urea groups is 1. The molecule has 146 valence electrons. The van der Waals surface area contributed by atoms with E-state index in [2.05, 4.69) is 4.98 Å². The van der Waals surface area contributed by atoms with E-state index in [0.29, 0.717) is 38.3 Å². The number of imide groups is 1. The van der Waals surface area contributed by atoms with Gasteiger partial charge in [0.05, 0.1) is 0 Å². The van der Waals surface area contributed by atoms with Crippen molar-refractivity contribution in [1.29, 1.82) is 0 Å². The summed E-state index contributed by atoms with van der Waals surface area (Å²) in [5.74, 6) is 0.0441. The number of nitrogens with zero attached hydrogens (tertiary/aromatic N) is 5. The minimum absolute atomic E-state index is 0.151. The Morgan fingerprint density at radius 2 is 1.79 bits per heavy atom. The molecule has 0 saturated carbocycles. The van der Waals surface area contributed by atoms with Gasteiger partial charge in [-0.25, -0.2) is 9.78 Å². The van der Waals surface area contributed by atoms with Gasteiger partial charge in [-0.3, -0.25) is 14.5 Å². The third kappa shape index (κ3) is 2.76. The molecule has 2 aromatic rings. The number of hydrogen-bond acceptors (Lipinski definition) is 4. The molecule has 1 aromatic heterocycles. The monoisotopic (exact) mass is 381 g/mol. The highest BCUT2D eigenvalue weighted by Crippen LogP contribution is 2.38. The van der Waals surface area contributed by atoms with E-state index in [0.717, 1.165) is 5.56 Å². The lowest BCUT2D eigenvalue weighted by Crippen LogP contribution is -2.57. The van der Waals surface area contributed by atoms with Crippen molar-refractivity contribution in [1.82, 2.24) is 24.3 Å². The van der Waals surface area contributed by atoms with Gasteiger partial charge >= 0.3 is 6.03 Å². The molecule has 3 heterocycles. The number of piperidine rings is 1. The van der Waals surface area contributed by atoms with Gasteiger partial charge in [-0.05, 0) is 18.4 Å². The Labute approximate surface area is 163 Å². The number of rotatable bonds is 3. The minimum atomic E-state index is -0.889. The fourth-order valence-electron chi connectivity index (χ4n) is 4.14. The Hall–Kier alpha value is -3.16. The average molecular weight is 381 g/mol. The molecule has 2 aliphatic rings. The Morgan fingerprint density at radius 1 is 1.11 bits per heavy atom. The van der Waals surface area contributed by atoms with E-state index in [1.807, 2.05) is 30.3 Å². The van der Waals surface area contributed by atoms with Crippen LogP contribution in [0.4, 0.5) is 4.79 Å². The highest BCUT2D eigenvalue weighted by molar-refractivity contribution is 6.07. The quantitative estimate of drug-likeness (QED) is 0.755. The highest BCUT2D eigenvalue weighted by Gasteiger charge is 2.57. The summed E-state index contributed by atoms with van der Waals surface area (Å²) in [6.07, 6.45) is 4.17. The third-order valence-electron chi connectivity index (χ3n) is 5.81. The van der Waals surface area contributed by atoms with Crippen LogP contribution in [0.1, 0.15) is 29.0 Å². The van der Waals surface area contributed by atoms with E-state index in [-0.39, 0.29) is 17.8 Å². The Kier molecular flexibility index (Phi) is 4.41. The van der Waals surface area contributed by atoms with Crippen LogP contribution < -0.4 is 0 Å². The van der Waals surface area contributed by atoms with Crippen molar-refractivity contribution in [3.8, 4) is 0 Å². The predicted molar refractivity (Wildman–Crippen MR) is 101 cm³/mol. The number of imidazole rings is 1. The number of carbonyl (C=O) groups is 3. The standard InChI is InChI=1S/C20H23N5O3/c1-22-13-10-21-16(22)17(26)24-11-8-20(9-12-24)18(27)23(2)19(28)25(20)14-15-6-4-3-5-7-15/h3-7,10,13H,8-9,11-12,14H2,1-2H3. The fourth-order valence-corrected chi connectivity index (χ4v) is 4.14. The van der Waals surface area contributed by atoms with Gasteiger partial charge in [-0.1, -0.05) is 30.3 Å². The molecule has 8 nitrogen and oxygen atoms in total. The van der Waals surface area contributed by atoms with Crippen LogP contribution in [0.5, 0.6) is 0 Å². The van der Waals surface area contributed by atoms with Gasteiger partial charge in [0.1, 0.15) is 5.54 Å². The molecule has 28 heavy (non-hydrogen) atoms. The number of carbonyl (C=O) groups excluding carboxylic acids is 3. The molecule has 2 saturated heterocycles. The summed E-state index contributed by atoms with van der Waals surface area (Å²) in [6.45, 7) is 1.19. The first-order valence-electron chi connectivity index (χ1n) is 9.34. The van der Waals surface area contributed by atoms with Crippen molar-refractivity contribution in [2.24, 2.45) is 7.05 Å². The van der Waals surface area contributed by atoms with Crippen LogP contribution >= 0.6 is 0 Å². The highest BCUT2D eigenvalue weighted by atomic mass is 16.2. The summed E-state index contributed by atoms with van der Waals surface area (Å²) in [5.41, 5.74) is 0.0879. The van der Waals surface area contributed by atoms with Gasteiger partial charge in [0.15, 0.2) is 5.82 Å². The average Bonchev–Trinajstić information content (AvgIpc) is 3.22. The van der Waals surface area contributed by atoms with E-state index in [1.54, 1.807) is 33.8 Å². The van der Waals surface area contributed by atoms with Crippen LogP contribution in [0.2, 0.25) is 0 Å². The molecule has 2 fully saturated rings. The largest absolute Gasteiger partial charge is 0.336 e. The number of aryl methyl sites for hydroxylation is 1. The molecular formula is C20H23N5O3. The molecule has 0 aliphatic carbocycles. The summed E-state index contributed by atoms with van der Waals surface area (Å²) in [7, 11) is 3.31. The van der Waals surface area contributed by atoms with Crippen molar-refractivity contribution in [3.63, 3.8) is 0 Å². The SMILES string of the molecule is CN1C(=O)N(Cc2ccccc2)C2(CCN(C(=O)c3nccn3C)CC2)C1=O. The molecule has 1 spiro atoms. The molecule has 0 N–H and O–H groups in total. The maximum Gasteiger partial charge on any atom is 0.327 e. The minimum Gasteiger partial charge on any atom is -0.336 e. The van der Waals surface area contributed by atoms with Crippen LogP contribution in [0.25, 0.3) is 0 Å². The second-order valence-electron chi connectivity index (χ2n) is 7.40. The molecule has 0 bridgehead atoms. The van der Waals surface area contributed by atoms with Crippen molar-refractivity contribution in [2.75, 3.05) is 20.1 Å². The van der Waals surface area contributed by atoms with Crippen LogP contribution in [0.3, 0.4) is 0 Å². The van der Waals surface area contributed by atoms with E-state index in [9.17, 15) is 14.4 Å². The summed E-state index contributed by atoms with van der Waals surface area (Å²) < 4.78 is 1.69. The number of benzene rings is 1. The molecule has 4 rings (SSSR count). The molecule has 0 radical (unpaired) electrons. The van der Waals surface area contributed by atoms with Gasteiger partial charge in [-0.2, -0.15) is 0 Å². The van der Waals surface area contributed by atoms with Crippen LogP contribution in [0, 0.1) is 0 Å². The predicted octanol–water partition coefficient (Wildman–Crippen LogP) is 1.49. The maximum absolute atomic E-state index is 13.0. The lowest BCUT2D eigenvalue weighted by Gasteiger charge is -2.42. The zero-order chi connectivity index (χ0) is 19.9. The van der Waals surface area contributed by atoms with Crippen LogP contribution in [0.15, 0.2) is 42.7 Å². The molecule has 0 unspecified atom stereocenters. The molecule has 4 amide bonds.